The van der Waals surface area contributed by atoms with Crippen LogP contribution in [0.25, 0.3) is 22.4 Å². The van der Waals surface area contributed by atoms with Gasteiger partial charge in [-0.3, -0.25) is 9.20 Å². The Labute approximate surface area is 187 Å². The van der Waals surface area contributed by atoms with Gasteiger partial charge in [-0.05, 0) is 37.6 Å². The van der Waals surface area contributed by atoms with Crippen LogP contribution in [-0.2, 0) is 4.79 Å². The first-order chi connectivity index (χ1) is 15.5. The van der Waals surface area contributed by atoms with Crippen LogP contribution in [0.2, 0.25) is 0 Å². The normalized spacial score (nSPS) is 11.3. The summed E-state index contributed by atoms with van der Waals surface area (Å²) in [5.41, 5.74) is 5.49. The van der Waals surface area contributed by atoms with E-state index in [1.807, 2.05) is 41.9 Å². The number of benzene rings is 2. The van der Waals surface area contributed by atoms with Gasteiger partial charge in [0.1, 0.15) is 11.3 Å². The van der Waals surface area contributed by atoms with Gasteiger partial charge in [0.15, 0.2) is 10.8 Å². The number of aromatic nitrogens is 5. The molecule has 0 spiro atoms. The van der Waals surface area contributed by atoms with Gasteiger partial charge >= 0.3 is 0 Å². The lowest BCUT2D eigenvalue weighted by Crippen LogP contribution is -2.14. The predicted octanol–water partition coefficient (Wildman–Crippen LogP) is 4.53. The number of hydrogen-bond donors (Lipinski definition) is 1. The molecule has 2 aromatic carbocycles. The van der Waals surface area contributed by atoms with Crippen LogP contribution in [0, 0.1) is 19.7 Å². The second kappa shape index (κ2) is 8.08. The molecule has 0 unspecified atom stereocenters. The lowest BCUT2D eigenvalue weighted by atomic mass is 10.1. The summed E-state index contributed by atoms with van der Waals surface area (Å²) in [7, 11) is 0. The summed E-state index contributed by atoms with van der Waals surface area (Å²) in [5.74, 6) is -0.481. The van der Waals surface area contributed by atoms with E-state index in [1.54, 1.807) is 23.6 Å². The molecule has 3 aromatic heterocycles. The number of thioether (sulfide) groups is 1. The first-order valence-electron chi connectivity index (χ1n) is 9.97. The molecule has 3 heterocycles. The fraction of sp³-hybridized carbons (Fsp3) is 0.130. The average Bonchev–Trinajstić information content (AvgIpc) is 3.39. The highest BCUT2D eigenvalue weighted by atomic mass is 32.2. The fourth-order valence-corrected chi connectivity index (χ4v) is 4.07. The molecule has 0 aliphatic rings. The van der Waals surface area contributed by atoms with E-state index in [0.29, 0.717) is 22.1 Å². The Morgan fingerprint density at radius 2 is 1.88 bits per heavy atom. The molecule has 0 aliphatic carbocycles. The molecule has 0 saturated carbocycles. The van der Waals surface area contributed by atoms with Gasteiger partial charge in [-0.2, -0.15) is 5.10 Å². The zero-order valence-corrected chi connectivity index (χ0v) is 18.2. The number of rotatable bonds is 5. The Bertz CT molecular complexity index is 1460. The minimum Gasteiger partial charge on any atom is -0.325 e. The Morgan fingerprint density at radius 3 is 2.66 bits per heavy atom. The average molecular weight is 447 g/mol. The van der Waals surface area contributed by atoms with Crippen LogP contribution in [0.4, 0.5) is 10.1 Å². The summed E-state index contributed by atoms with van der Waals surface area (Å²) >= 11 is 1.26. The van der Waals surface area contributed by atoms with E-state index in [-0.39, 0.29) is 17.5 Å². The molecule has 5 aromatic rings. The van der Waals surface area contributed by atoms with Crippen LogP contribution in [0.15, 0.2) is 66.1 Å². The standard InChI is InChI=1S/C23H19FN6OS/c1-14-3-6-16(7-4-14)19-12-20-22-26-27-23(29(22)9-10-30(20)28-19)32-13-21(31)25-17-8-5-15(2)18(24)11-17/h3-12H,13H2,1-2H3,(H,25,31). The largest absolute Gasteiger partial charge is 0.325 e. The Hall–Kier alpha value is -3.72. The highest BCUT2D eigenvalue weighted by molar-refractivity contribution is 7.99. The van der Waals surface area contributed by atoms with Gasteiger partial charge in [-0.25, -0.2) is 8.91 Å². The third-order valence-corrected chi connectivity index (χ3v) is 6.06. The molecule has 0 fully saturated rings. The van der Waals surface area contributed by atoms with Crippen LogP contribution in [0.5, 0.6) is 0 Å². The van der Waals surface area contributed by atoms with Crippen molar-refractivity contribution >= 4 is 34.5 Å². The maximum Gasteiger partial charge on any atom is 0.234 e. The van der Waals surface area contributed by atoms with Gasteiger partial charge in [0, 0.05) is 23.6 Å². The van der Waals surface area contributed by atoms with Crippen molar-refractivity contribution in [2.45, 2.75) is 19.0 Å². The van der Waals surface area contributed by atoms with Crippen molar-refractivity contribution in [1.29, 1.82) is 0 Å². The number of carbonyl (C=O) groups excluding carboxylic acids is 1. The monoisotopic (exact) mass is 446 g/mol. The molecule has 0 bridgehead atoms. The number of fused-ring (bicyclic) bond motifs is 3. The summed E-state index contributed by atoms with van der Waals surface area (Å²) in [6.45, 7) is 3.72. The molecule has 1 N–H and O–H groups in total. The van der Waals surface area contributed by atoms with Gasteiger partial charge in [0.05, 0.1) is 11.4 Å². The van der Waals surface area contributed by atoms with E-state index in [2.05, 4.69) is 32.7 Å². The maximum atomic E-state index is 13.7. The fourth-order valence-electron chi connectivity index (χ4n) is 3.35. The van der Waals surface area contributed by atoms with Gasteiger partial charge in [0.2, 0.25) is 5.91 Å². The summed E-state index contributed by atoms with van der Waals surface area (Å²) in [6, 6.07) is 14.8. The summed E-state index contributed by atoms with van der Waals surface area (Å²) in [4.78, 5) is 12.3. The topological polar surface area (TPSA) is 76.6 Å². The van der Waals surface area contributed by atoms with E-state index in [4.69, 9.17) is 0 Å². The molecule has 7 nitrogen and oxygen atoms in total. The van der Waals surface area contributed by atoms with E-state index in [9.17, 15) is 9.18 Å². The van der Waals surface area contributed by atoms with Crippen LogP contribution >= 0.6 is 11.8 Å². The second-order valence-electron chi connectivity index (χ2n) is 7.50. The number of halogens is 1. The molecule has 0 aliphatic heterocycles. The Kier molecular flexibility index (Phi) is 5.10. The summed E-state index contributed by atoms with van der Waals surface area (Å²) < 4.78 is 17.3. The Balaban J connectivity index is 1.35. The van der Waals surface area contributed by atoms with Gasteiger partial charge < -0.3 is 5.32 Å². The van der Waals surface area contributed by atoms with Gasteiger partial charge in [0.25, 0.3) is 0 Å². The molecule has 32 heavy (non-hydrogen) atoms. The zero-order valence-electron chi connectivity index (χ0n) is 17.4. The van der Waals surface area contributed by atoms with Gasteiger partial charge in [-0.15, -0.1) is 10.2 Å². The quantitative estimate of drug-likeness (QED) is 0.402. The van der Waals surface area contributed by atoms with Crippen molar-refractivity contribution in [3.05, 3.63) is 77.9 Å². The first kappa shape index (κ1) is 20.2. The van der Waals surface area contributed by atoms with Crippen molar-refractivity contribution in [2.75, 3.05) is 11.1 Å². The number of anilines is 1. The van der Waals surface area contributed by atoms with Crippen molar-refractivity contribution in [3.63, 3.8) is 0 Å². The molecular formula is C23H19FN6OS. The second-order valence-corrected chi connectivity index (χ2v) is 8.44. The predicted molar refractivity (Wildman–Crippen MR) is 122 cm³/mol. The van der Waals surface area contributed by atoms with E-state index in [1.165, 1.54) is 23.4 Å². The number of hydrogen-bond acceptors (Lipinski definition) is 5. The van der Waals surface area contributed by atoms with Gasteiger partial charge in [-0.1, -0.05) is 47.7 Å². The van der Waals surface area contributed by atoms with Crippen molar-refractivity contribution in [3.8, 4) is 11.3 Å². The van der Waals surface area contributed by atoms with Crippen molar-refractivity contribution < 1.29 is 9.18 Å². The first-order valence-corrected chi connectivity index (χ1v) is 11.0. The third kappa shape index (κ3) is 3.82. The minimum atomic E-state index is -0.353. The van der Waals surface area contributed by atoms with Crippen molar-refractivity contribution in [2.24, 2.45) is 0 Å². The van der Waals surface area contributed by atoms with Crippen LogP contribution in [0.3, 0.4) is 0 Å². The van der Waals surface area contributed by atoms with E-state index < -0.39 is 0 Å². The molecule has 9 heteroatoms. The smallest absolute Gasteiger partial charge is 0.234 e. The maximum absolute atomic E-state index is 13.7. The minimum absolute atomic E-state index is 0.120. The lowest BCUT2D eigenvalue weighted by Gasteiger charge is -2.06. The third-order valence-electron chi connectivity index (χ3n) is 5.12. The van der Waals surface area contributed by atoms with Crippen molar-refractivity contribution in [1.82, 2.24) is 24.2 Å². The summed E-state index contributed by atoms with van der Waals surface area (Å²) in [6.07, 6.45) is 3.66. The van der Waals surface area contributed by atoms with E-state index >= 15 is 0 Å². The number of nitrogens with zero attached hydrogens (tertiary/aromatic N) is 5. The van der Waals surface area contributed by atoms with Crippen LogP contribution in [0.1, 0.15) is 11.1 Å². The summed E-state index contributed by atoms with van der Waals surface area (Å²) in [5, 5.41) is 16.5. The van der Waals surface area contributed by atoms with Crippen LogP contribution in [-0.4, -0.2) is 35.9 Å². The lowest BCUT2D eigenvalue weighted by molar-refractivity contribution is -0.113. The molecular weight excluding hydrogens is 427 g/mol. The highest BCUT2D eigenvalue weighted by Gasteiger charge is 2.14. The zero-order chi connectivity index (χ0) is 22.2. The molecule has 0 radical (unpaired) electrons. The van der Waals surface area contributed by atoms with E-state index in [0.717, 1.165) is 16.8 Å². The number of carbonyl (C=O) groups is 1. The molecule has 5 rings (SSSR count). The molecule has 0 saturated heterocycles. The number of aryl methyl sites for hydroxylation is 2. The molecule has 0 atom stereocenters. The number of nitrogens with one attached hydrogen (secondary N) is 1. The number of amides is 1. The SMILES string of the molecule is Cc1ccc(-c2cc3c4nnc(SCC(=O)Nc5ccc(C)c(F)c5)n4ccn3n2)cc1. The Morgan fingerprint density at radius 1 is 1.06 bits per heavy atom. The molecule has 1 amide bonds. The molecule has 160 valence electrons. The highest BCUT2D eigenvalue weighted by Crippen LogP contribution is 2.24. The van der Waals surface area contributed by atoms with Crippen LogP contribution < -0.4 is 5.32 Å².